The second-order valence-corrected chi connectivity index (χ2v) is 9.06. The molecule has 4 rings (SSSR count). The Bertz CT molecular complexity index is 1140. The molecule has 0 unspecified atom stereocenters. The van der Waals surface area contributed by atoms with Gasteiger partial charge in [-0.05, 0) is 63.1 Å². The number of rotatable bonds is 3. The van der Waals surface area contributed by atoms with Crippen LogP contribution in [0, 0.1) is 13.8 Å². The third-order valence-electron chi connectivity index (χ3n) is 5.16. The molecule has 1 fully saturated rings. The number of thioether (sulfide) groups is 1. The van der Waals surface area contributed by atoms with Crippen molar-refractivity contribution in [3.8, 4) is 0 Å². The monoisotopic (exact) mass is 406 g/mol. The van der Waals surface area contributed by atoms with E-state index in [0.29, 0.717) is 15.3 Å². The third-order valence-corrected chi connectivity index (χ3v) is 6.46. The highest BCUT2D eigenvalue weighted by Gasteiger charge is 2.33. The molecular formula is C23H22N2OS2. The van der Waals surface area contributed by atoms with E-state index in [0.717, 1.165) is 22.2 Å². The number of hydrogen-bond donors (Lipinski definition) is 0. The van der Waals surface area contributed by atoms with E-state index in [1.807, 2.05) is 43.3 Å². The predicted molar refractivity (Wildman–Crippen MR) is 124 cm³/mol. The first kappa shape index (κ1) is 19.0. The molecule has 1 saturated heterocycles. The Balaban J connectivity index is 1.76. The zero-order valence-corrected chi connectivity index (χ0v) is 18.0. The molecule has 1 aromatic heterocycles. The van der Waals surface area contributed by atoms with Gasteiger partial charge in [-0.25, -0.2) is 0 Å². The number of nitrogens with zero attached hydrogens (tertiary/aromatic N) is 2. The molecule has 1 aliphatic heterocycles. The number of amides is 1. The molecule has 0 saturated carbocycles. The van der Waals surface area contributed by atoms with Gasteiger partial charge in [0.1, 0.15) is 0 Å². The van der Waals surface area contributed by atoms with Gasteiger partial charge in [-0.1, -0.05) is 48.2 Å². The zero-order chi connectivity index (χ0) is 20.0. The minimum absolute atomic E-state index is 0.0559. The summed E-state index contributed by atoms with van der Waals surface area (Å²) < 4.78 is 2.82. The maximum atomic E-state index is 13.1. The van der Waals surface area contributed by atoms with Crippen molar-refractivity contribution in [2.24, 2.45) is 0 Å². The number of anilines is 1. The molecular weight excluding hydrogens is 384 g/mol. The summed E-state index contributed by atoms with van der Waals surface area (Å²) in [7, 11) is 0. The molecule has 3 nitrogen and oxygen atoms in total. The Morgan fingerprint density at radius 1 is 1.07 bits per heavy atom. The largest absolute Gasteiger partial charge is 0.344 e. The van der Waals surface area contributed by atoms with Crippen molar-refractivity contribution in [3.05, 3.63) is 70.3 Å². The number of thiocarbonyl (C=S) groups is 1. The SMILES string of the molecule is Cc1ccc(N2C(=O)C(=Cc3cn(C(C)C)c4ccccc34)SC2=S)cc1C. The molecule has 1 aliphatic rings. The Morgan fingerprint density at radius 2 is 1.82 bits per heavy atom. The van der Waals surface area contributed by atoms with Crippen LogP contribution in [0.4, 0.5) is 5.69 Å². The van der Waals surface area contributed by atoms with Crippen LogP contribution in [-0.2, 0) is 4.79 Å². The maximum absolute atomic E-state index is 13.1. The summed E-state index contributed by atoms with van der Waals surface area (Å²) in [5.74, 6) is -0.0559. The van der Waals surface area contributed by atoms with E-state index in [2.05, 4.69) is 43.7 Å². The van der Waals surface area contributed by atoms with Gasteiger partial charge >= 0.3 is 0 Å². The van der Waals surface area contributed by atoms with Crippen LogP contribution in [-0.4, -0.2) is 14.8 Å². The summed E-state index contributed by atoms with van der Waals surface area (Å²) in [5, 5.41) is 1.15. The van der Waals surface area contributed by atoms with Crippen LogP contribution in [0.2, 0.25) is 0 Å². The zero-order valence-electron chi connectivity index (χ0n) is 16.4. The first-order valence-electron chi connectivity index (χ1n) is 9.31. The van der Waals surface area contributed by atoms with Crippen LogP contribution in [0.3, 0.4) is 0 Å². The van der Waals surface area contributed by atoms with Crippen molar-refractivity contribution < 1.29 is 4.79 Å². The van der Waals surface area contributed by atoms with Crippen molar-refractivity contribution >= 4 is 56.9 Å². The normalized spacial score (nSPS) is 16.2. The summed E-state index contributed by atoms with van der Waals surface area (Å²) in [5.41, 5.74) is 5.40. The Labute approximate surface area is 175 Å². The molecule has 0 atom stereocenters. The van der Waals surface area contributed by atoms with Gasteiger partial charge in [0, 0.05) is 28.7 Å². The Morgan fingerprint density at radius 3 is 2.54 bits per heavy atom. The minimum atomic E-state index is -0.0559. The lowest BCUT2D eigenvalue weighted by Gasteiger charge is -2.15. The summed E-state index contributed by atoms with van der Waals surface area (Å²) in [4.78, 5) is 15.4. The van der Waals surface area contributed by atoms with Crippen LogP contribution >= 0.6 is 24.0 Å². The standard InChI is InChI=1S/C23H22N2OS2/c1-14(2)24-13-17(19-7-5-6-8-20(19)24)12-21-22(26)25(23(27)28-21)18-10-9-15(3)16(4)11-18/h5-14H,1-4H3. The Kier molecular flexibility index (Phi) is 4.89. The van der Waals surface area contributed by atoms with E-state index >= 15 is 0 Å². The molecule has 2 aromatic carbocycles. The van der Waals surface area contributed by atoms with Crippen molar-refractivity contribution in [1.29, 1.82) is 0 Å². The third kappa shape index (κ3) is 3.19. The smallest absolute Gasteiger partial charge is 0.270 e. The van der Waals surface area contributed by atoms with Crippen molar-refractivity contribution in [2.45, 2.75) is 33.7 Å². The van der Waals surface area contributed by atoms with Crippen molar-refractivity contribution in [3.63, 3.8) is 0 Å². The lowest BCUT2D eigenvalue weighted by atomic mass is 10.1. The highest BCUT2D eigenvalue weighted by atomic mass is 32.2. The number of para-hydroxylation sites is 1. The van der Waals surface area contributed by atoms with Crippen LogP contribution in [0.15, 0.2) is 53.6 Å². The number of carbonyl (C=O) groups excluding carboxylic acids is 1. The van der Waals surface area contributed by atoms with E-state index in [1.165, 1.54) is 22.8 Å². The lowest BCUT2D eigenvalue weighted by Crippen LogP contribution is -2.27. The summed E-state index contributed by atoms with van der Waals surface area (Å²) in [6, 6.07) is 14.7. The highest BCUT2D eigenvalue weighted by molar-refractivity contribution is 8.27. The Hall–Kier alpha value is -2.37. The molecule has 28 heavy (non-hydrogen) atoms. The van der Waals surface area contributed by atoms with Crippen molar-refractivity contribution in [2.75, 3.05) is 4.90 Å². The fraction of sp³-hybridized carbons (Fsp3) is 0.217. The maximum Gasteiger partial charge on any atom is 0.270 e. The first-order valence-corrected chi connectivity index (χ1v) is 10.5. The molecule has 0 N–H and O–H groups in total. The van der Waals surface area contributed by atoms with Gasteiger partial charge in [0.05, 0.1) is 10.6 Å². The molecule has 0 spiro atoms. The van der Waals surface area contributed by atoms with Gasteiger partial charge in [-0.2, -0.15) is 0 Å². The second kappa shape index (κ2) is 7.22. The van der Waals surface area contributed by atoms with E-state index < -0.39 is 0 Å². The fourth-order valence-electron chi connectivity index (χ4n) is 3.47. The number of carbonyl (C=O) groups is 1. The molecule has 0 radical (unpaired) electrons. The number of aryl methyl sites for hydroxylation is 2. The molecule has 0 bridgehead atoms. The predicted octanol–water partition coefficient (Wildman–Crippen LogP) is 6.24. The van der Waals surface area contributed by atoms with Gasteiger partial charge in [0.25, 0.3) is 5.91 Å². The van der Waals surface area contributed by atoms with Crippen LogP contribution in [0.5, 0.6) is 0 Å². The number of hydrogen-bond acceptors (Lipinski definition) is 3. The lowest BCUT2D eigenvalue weighted by molar-refractivity contribution is -0.113. The van der Waals surface area contributed by atoms with Gasteiger partial charge in [-0.15, -0.1) is 0 Å². The van der Waals surface area contributed by atoms with E-state index in [4.69, 9.17) is 12.2 Å². The van der Waals surface area contributed by atoms with Gasteiger partial charge < -0.3 is 4.57 Å². The van der Waals surface area contributed by atoms with E-state index in [-0.39, 0.29) is 5.91 Å². The molecule has 1 amide bonds. The first-order chi connectivity index (χ1) is 13.4. The van der Waals surface area contributed by atoms with Crippen molar-refractivity contribution in [1.82, 2.24) is 4.57 Å². The topological polar surface area (TPSA) is 25.2 Å². The summed E-state index contributed by atoms with van der Waals surface area (Å²) >= 11 is 6.90. The second-order valence-electron chi connectivity index (χ2n) is 7.39. The van der Waals surface area contributed by atoms with Gasteiger partial charge in [0.2, 0.25) is 0 Å². The molecule has 142 valence electrons. The highest BCUT2D eigenvalue weighted by Crippen LogP contribution is 2.38. The van der Waals surface area contributed by atoms with E-state index in [1.54, 1.807) is 4.90 Å². The number of benzene rings is 2. The molecule has 5 heteroatoms. The quantitative estimate of drug-likeness (QED) is 0.380. The minimum Gasteiger partial charge on any atom is -0.344 e. The van der Waals surface area contributed by atoms with Crippen LogP contribution < -0.4 is 4.90 Å². The van der Waals surface area contributed by atoms with Crippen LogP contribution in [0.1, 0.15) is 36.6 Å². The summed E-state index contributed by atoms with van der Waals surface area (Å²) in [6.45, 7) is 8.44. The average molecular weight is 407 g/mol. The fourth-order valence-corrected chi connectivity index (χ4v) is 4.76. The number of fused-ring (bicyclic) bond motifs is 1. The van der Waals surface area contributed by atoms with Gasteiger partial charge in [-0.3, -0.25) is 9.69 Å². The molecule has 0 aliphatic carbocycles. The van der Waals surface area contributed by atoms with E-state index in [9.17, 15) is 4.79 Å². The summed E-state index contributed by atoms with van der Waals surface area (Å²) in [6.07, 6.45) is 4.10. The average Bonchev–Trinajstić information content (AvgIpc) is 3.16. The molecule has 3 aromatic rings. The number of aromatic nitrogens is 1. The molecule has 2 heterocycles. The van der Waals surface area contributed by atoms with Gasteiger partial charge in [0.15, 0.2) is 4.32 Å². The van der Waals surface area contributed by atoms with Crippen LogP contribution in [0.25, 0.3) is 17.0 Å².